The highest BCUT2D eigenvalue weighted by Crippen LogP contribution is 2.34. The zero-order valence-corrected chi connectivity index (χ0v) is 18.4. The number of fused-ring (bicyclic) bond motifs is 1. The maximum Gasteiger partial charge on any atom is 0.228 e. The number of rotatable bonds is 4. The minimum Gasteiger partial charge on any atom is -0.497 e. The van der Waals surface area contributed by atoms with Crippen molar-refractivity contribution in [3.63, 3.8) is 0 Å². The fraction of sp³-hybridized carbons (Fsp3) is 0.522. The third-order valence-corrected chi connectivity index (χ3v) is 6.73. The van der Waals surface area contributed by atoms with Crippen LogP contribution in [-0.2, 0) is 7.05 Å². The lowest BCUT2D eigenvalue weighted by atomic mass is 10.00. The number of hydrogen-bond acceptors (Lipinski definition) is 7. The monoisotopic (exact) mass is 421 g/mol. The molecular weight excluding hydrogens is 390 g/mol. The van der Waals surface area contributed by atoms with Crippen molar-refractivity contribution >= 4 is 22.8 Å². The topological polar surface area (TPSA) is 85.3 Å². The van der Waals surface area contributed by atoms with Gasteiger partial charge in [0.1, 0.15) is 11.6 Å². The molecule has 2 saturated heterocycles. The van der Waals surface area contributed by atoms with E-state index in [0.717, 1.165) is 54.3 Å². The van der Waals surface area contributed by atoms with Gasteiger partial charge in [-0.15, -0.1) is 0 Å². The molecule has 0 amide bonds. The number of nitrogens with two attached hydrogens (primary N) is 1. The van der Waals surface area contributed by atoms with Crippen LogP contribution in [0.1, 0.15) is 32.1 Å². The van der Waals surface area contributed by atoms with E-state index in [0.29, 0.717) is 17.5 Å². The number of nitrogen functional groups attached to an aromatic ring is 1. The number of methoxy groups -OCH3 is 1. The van der Waals surface area contributed by atoms with Gasteiger partial charge in [0.25, 0.3) is 0 Å². The first-order chi connectivity index (χ1) is 15.1. The molecule has 0 spiro atoms. The van der Waals surface area contributed by atoms with Crippen molar-refractivity contribution in [1.82, 2.24) is 24.6 Å². The minimum atomic E-state index is 0.572. The smallest absolute Gasteiger partial charge is 0.228 e. The van der Waals surface area contributed by atoms with Gasteiger partial charge >= 0.3 is 0 Å². The number of anilines is 2. The lowest BCUT2D eigenvalue weighted by Gasteiger charge is -2.40. The van der Waals surface area contributed by atoms with Gasteiger partial charge < -0.3 is 20.3 Å². The SMILES string of the molecule is COc1cccc(-c2nc(N3CCC(N4CCCCC4)CC3)nc3nn(C)c(N)c23)c1. The quantitative estimate of drug-likeness (QED) is 0.693. The van der Waals surface area contributed by atoms with E-state index in [1.165, 1.54) is 32.4 Å². The van der Waals surface area contributed by atoms with Crippen LogP contribution in [0.3, 0.4) is 0 Å². The van der Waals surface area contributed by atoms with Gasteiger partial charge in [-0.25, -0.2) is 4.98 Å². The molecule has 0 atom stereocenters. The third-order valence-electron chi connectivity index (χ3n) is 6.73. The number of hydrogen-bond donors (Lipinski definition) is 1. The maximum atomic E-state index is 6.35. The average molecular weight is 422 g/mol. The molecule has 4 heterocycles. The zero-order valence-electron chi connectivity index (χ0n) is 18.4. The van der Waals surface area contributed by atoms with E-state index in [1.807, 2.05) is 31.3 Å². The van der Waals surface area contributed by atoms with E-state index in [1.54, 1.807) is 11.8 Å². The van der Waals surface area contributed by atoms with Crippen molar-refractivity contribution < 1.29 is 4.74 Å². The first-order valence-electron chi connectivity index (χ1n) is 11.3. The van der Waals surface area contributed by atoms with Crippen LogP contribution in [0.4, 0.5) is 11.8 Å². The first kappa shape index (κ1) is 20.1. The summed E-state index contributed by atoms with van der Waals surface area (Å²) in [5.74, 6) is 2.10. The summed E-state index contributed by atoms with van der Waals surface area (Å²) in [6.45, 7) is 4.43. The van der Waals surface area contributed by atoms with Gasteiger partial charge in [0, 0.05) is 31.7 Å². The Morgan fingerprint density at radius 1 is 1.03 bits per heavy atom. The van der Waals surface area contributed by atoms with Crippen LogP contribution in [-0.4, -0.2) is 64.0 Å². The lowest BCUT2D eigenvalue weighted by molar-refractivity contribution is 0.141. The van der Waals surface area contributed by atoms with Gasteiger partial charge in [0.15, 0.2) is 5.65 Å². The highest BCUT2D eigenvalue weighted by atomic mass is 16.5. The number of benzene rings is 1. The summed E-state index contributed by atoms with van der Waals surface area (Å²) in [6, 6.07) is 8.60. The van der Waals surface area contributed by atoms with Gasteiger partial charge in [0.2, 0.25) is 5.95 Å². The highest BCUT2D eigenvalue weighted by molar-refractivity contribution is 5.99. The van der Waals surface area contributed by atoms with Crippen LogP contribution in [0, 0.1) is 0 Å². The summed E-state index contributed by atoms with van der Waals surface area (Å²) in [5, 5.41) is 5.35. The summed E-state index contributed by atoms with van der Waals surface area (Å²) >= 11 is 0. The fourth-order valence-corrected chi connectivity index (χ4v) is 4.94. The molecule has 0 radical (unpaired) electrons. The second-order valence-corrected chi connectivity index (χ2v) is 8.63. The Morgan fingerprint density at radius 3 is 2.55 bits per heavy atom. The van der Waals surface area contributed by atoms with E-state index >= 15 is 0 Å². The molecule has 2 aromatic heterocycles. The molecule has 5 rings (SSSR count). The van der Waals surface area contributed by atoms with Gasteiger partial charge in [-0.1, -0.05) is 18.6 Å². The molecule has 1 aromatic carbocycles. The molecule has 31 heavy (non-hydrogen) atoms. The normalized spacial score (nSPS) is 18.6. The Hall–Kier alpha value is -2.87. The van der Waals surface area contributed by atoms with Crippen LogP contribution in [0.25, 0.3) is 22.3 Å². The van der Waals surface area contributed by atoms with Crippen LogP contribution < -0.4 is 15.4 Å². The van der Waals surface area contributed by atoms with Gasteiger partial charge in [-0.05, 0) is 50.9 Å². The number of nitrogens with zero attached hydrogens (tertiary/aromatic N) is 6. The second kappa shape index (κ2) is 8.34. The standard InChI is InChI=1S/C23H31N7O/c1-28-21(24)19-20(16-7-6-8-18(15-16)31-2)25-23(26-22(19)27-28)30-13-9-17(10-14-30)29-11-4-3-5-12-29/h6-8,15,17H,3-5,9-14,24H2,1-2H3. The molecule has 2 fully saturated rings. The van der Waals surface area contributed by atoms with E-state index in [2.05, 4.69) is 14.9 Å². The molecule has 0 aliphatic carbocycles. The molecule has 2 aliphatic heterocycles. The van der Waals surface area contributed by atoms with Crippen molar-refractivity contribution in [3.05, 3.63) is 24.3 Å². The molecule has 8 nitrogen and oxygen atoms in total. The van der Waals surface area contributed by atoms with Gasteiger partial charge in [-0.2, -0.15) is 10.1 Å². The Kier molecular flexibility index (Phi) is 5.40. The largest absolute Gasteiger partial charge is 0.497 e. The third kappa shape index (κ3) is 3.80. The van der Waals surface area contributed by atoms with Crippen molar-refractivity contribution in [1.29, 1.82) is 0 Å². The molecule has 2 N–H and O–H groups in total. The van der Waals surface area contributed by atoms with E-state index in [-0.39, 0.29) is 0 Å². The predicted molar refractivity (Wildman–Crippen MR) is 123 cm³/mol. The molecule has 0 unspecified atom stereocenters. The second-order valence-electron chi connectivity index (χ2n) is 8.63. The van der Waals surface area contributed by atoms with Crippen molar-refractivity contribution in [2.24, 2.45) is 7.05 Å². The summed E-state index contributed by atoms with van der Waals surface area (Å²) in [4.78, 5) is 14.8. The zero-order chi connectivity index (χ0) is 21.4. The van der Waals surface area contributed by atoms with Crippen LogP contribution in [0.15, 0.2) is 24.3 Å². The van der Waals surface area contributed by atoms with E-state index in [9.17, 15) is 0 Å². The molecule has 0 saturated carbocycles. The molecular formula is C23H31N7O. The van der Waals surface area contributed by atoms with E-state index in [4.69, 9.17) is 20.4 Å². The molecule has 8 heteroatoms. The fourth-order valence-electron chi connectivity index (χ4n) is 4.94. The Morgan fingerprint density at radius 2 is 1.81 bits per heavy atom. The lowest BCUT2D eigenvalue weighted by Crippen LogP contribution is -2.47. The molecule has 164 valence electrons. The summed E-state index contributed by atoms with van der Waals surface area (Å²) in [7, 11) is 3.52. The summed E-state index contributed by atoms with van der Waals surface area (Å²) in [6.07, 6.45) is 6.36. The van der Waals surface area contributed by atoms with Crippen LogP contribution in [0.2, 0.25) is 0 Å². The van der Waals surface area contributed by atoms with Gasteiger partial charge in [-0.3, -0.25) is 4.68 Å². The average Bonchev–Trinajstić information content (AvgIpc) is 3.12. The Bertz CT molecular complexity index is 1070. The highest BCUT2D eigenvalue weighted by Gasteiger charge is 2.28. The van der Waals surface area contributed by atoms with Crippen LogP contribution in [0.5, 0.6) is 5.75 Å². The minimum absolute atomic E-state index is 0.572. The Balaban J connectivity index is 1.47. The molecule has 0 bridgehead atoms. The summed E-state index contributed by atoms with van der Waals surface area (Å²) in [5.41, 5.74) is 8.75. The van der Waals surface area contributed by atoms with Crippen molar-refractivity contribution in [2.75, 3.05) is 43.9 Å². The molecule has 2 aliphatic rings. The first-order valence-corrected chi connectivity index (χ1v) is 11.3. The van der Waals surface area contributed by atoms with Crippen molar-refractivity contribution in [3.8, 4) is 17.0 Å². The number of piperidine rings is 2. The number of likely N-dealkylation sites (tertiary alicyclic amines) is 1. The molecule has 3 aromatic rings. The number of aromatic nitrogens is 4. The van der Waals surface area contributed by atoms with E-state index < -0.39 is 0 Å². The van der Waals surface area contributed by atoms with Crippen LogP contribution >= 0.6 is 0 Å². The number of aryl methyl sites for hydroxylation is 1. The van der Waals surface area contributed by atoms with Crippen molar-refractivity contribution in [2.45, 2.75) is 38.1 Å². The Labute approximate surface area is 183 Å². The van der Waals surface area contributed by atoms with Gasteiger partial charge in [0.05, 0.1) is 18.2 Å². The maximum absolute atomic E-state index is 6.35. The summed E-state index contributed by atoms with van der Waals surface area (Å²) < 4.78 is 7.11. The number of ether oxygens (including phenoxy) is 1. The predicted octanol–water partition coefficient (Wildman–Crippen LogP) is 3.08.